The van der Waals surface area contributed by atoms with E-state index in [1.54, 1.807) is 11.0 Å². The van der Waals surface area contributed by atoms with Gasteiger partial charge in [0.2, 0.25) is 0 Å². The largest absolute Gasteiger partial charge is 0.337 e. The van der Waals surface area contributed by atoms with E-state index >= 15 is 0 Å². The number of allylic oxidation sites excluding steroid dienone is 2. The molecule has 0 bridgehead atoms. The van der Waals surface area contributed by atoms with E-state index in [1.165, 1.54) is 18.5 Å². The highest BCUT2D eigenvalue weighted by molar-refractivity contribution is 5.34. The molecule has 10 nitrogen and oxygen atoms in total. The van der Waals surface area contributed by atoms with Crippen molar-refractivity contribution in [1.82, 2.24) is 33.4 Å². The maximum atomic E-state index is 12.8. The first-order valence-corrected chi connectivity index (χ1v) is 9.70. The van der Waals surface area contributed by atoms with Crippen molar-refractivity contribution >= 4 is 0 Å². The van der Waals surface area contributed by atoms with Crippen molar-refractivity contribution < 1.29 is 0 Å². The summed E-state index contributed by atoms with van der Waals surface area (Å²) in [6.45, 7) is 9.17. The molecule has 0 aliphatic heterocycles. The molecule has 0 radical (unpaired) electrons. The van der Waals surface area contributed by atoms with E-state index in [2.05, 4.69) is 23.2 Å². The predicted molar refractivity (Wildman–Crippen MR) is 117 cm³/mol. The van der Waals surface area contributed by atoms with E-state index in [9.17, 15) is 14.4 Å². The Morgan fingerprint density at radius 2 is 1.52 bits per heavy atom. The molecule has 1 atom stereocenters. The molecular weight excluding hydrogens is 398 g/mol. The average Bonchev–Trinajstić information content (AvgIpc) is 3.31. The molecule has 0 saturated heterocycles. The van der Waals surface area contributed by atoms with Gasteiger partial charge < -0.3 is 0 Å². The molecule has 0 spiro atoms. The lowest BCUT2D eigenvalue weighted by Crippen LogP contribution is -2.55. The predicted octanol–water partition coefficient (Wildman–Crippen LogP) is 0.775. The zero-order chi connectivity index (χ0) is 22.5. The van der Waals surface area contributed by atoms with Gasteiger partial charge in [-0.25, -0.2) is 37.8 Å². The Hall–Kier alpha value is -3.79. The fourth-order valence-electron chi connectivity index (χ4n) is 3.22. The highest BCUT2D eigenvalue weighted by atomic mass is 16.2. The average molecular weight is 423 g/mol. The van der Waals surface area contributed by atoms with Crippen LogP contribution in [0.25, 0.3) is 5.69 Å². The summed E-state index contributed by atoms with van der Waals surface area (Å²) in [7, 11) is 1.81. The minimum Gasteiger partial charge on any atom is -0.282 e. The number of benzene rings is 1. The van der Waals surface area contributed by atoms with Gasteiger partial charge in [0.15, 0.2) is 0 Å². The van der Waals surface area contributed by atoms with E-state index in [0.29, 0.717) is 0 Å². The Kier molecular flexibility index (Phi) is 6.61. The molecule has 162 valence electrons. The molecule has 31 heavy (non-hydrogen) atoms. The van der Waals surface area contributed by atoms with Crippen LogP contribution in [-0.2, 0) is 19.8 Å². The molecule has 3 aromatic rings. The fraction of sp³-hybridized carbons (Fsp3) is 0.286. The molecule has 0 aliphatic carbocycles. The summed E-state index contributed by atoms with van der Waals surface area (Å²) < 4.78 is 4.68. The van der Waals surface area contributed by atoms with E-state index in [0.717, 1.165) is 25.0 Å². The van der Waals surface area contributed by atoms with Crippen LogP contribution in [0.15, 0.2) is 76.6 Å². The van der Waals surface area contributed by atoms with E-state index in [-0.39, 0.29) is 25.8 Å². The Morgan fingerprint density at radius 1 is 0.968 bits per heavy atom. The molecular formula is C21H25N7O3. The number of hydrogen-bond donors (Lipinski definition) is 0. The molecule has 0 aliphatic rings. The third-order valence-corrected chi connectivity index (χ3v) is 5.09. The molecule has 0 saturated carbocycles. The van der Waals surface area contributed by atoms with Gasteiger partial charge in [-0.15, -0.1) is 13.2 Å². The Labute approximate surface area is 178 Å². The van der Waals surface area contributed by atoms with Gasteiger partial charge in [-0.3, -0.25) is 4.90 Å². The summed E-state index contributed by atoms with van der Waals surface area (Å²) >= 11 is 0. The van der Waals surface area contributed by atoms with Crippen molar-refractivity contribution in [3.8, 4) is 5.69 Å². The maximum absolute atomic E-state index is 12.8. The number of rotatable bonds is 9. The lowest BCUT2D eigenvalue weighted by atomic mass is 10.1. The van der Waals surface area contributed by atoms with E-state index in [4.69, 9.17) is 0 Å². The quantitative estimate of drug-likeness (QED) is 0.472. The summed E-state index contributed by atoms with van der Waals surface area (Å²) in [5.74, 6) is 0. The molecule has 3 rings (SSSR count). The summed E-state index contributed by atoms with van der Waals surface area (Å²) in [4.78, 5) is 43.9. The SMILES string of the molecule is C=CCn1c(=O)n(CC=C)c(=O)n(CN(C)[C@H](C)c2ccc(-n3cncn3)cc2)c1=O. The smallest absolute Gasteiger partial charge is 0.282 e. The van der Waals surface area contributed by atoms with Crippen LogP contribution in [0.4, 0.5) is 0 Å². The second-order valence-electron chi connectivity index (χ2n) is 7.08. The number of nitrogens with zero attached hydrogens (tertiary/aromatic N) is 7. The van der Waals surface area contributed by atoms with Crippen molar-refractivity contribution in [3.63, 3.8) is 0 Å². The van der Waals surface area contributed by atoms with E-state index in [1.807, 2.05) is 43.1 Å². The van der Waals surface area contributed by atoms with Gasteiger partial charge in [-0.05, 0) is 31.7 Å². The zero-order valence-electron chi connectivity index (χ0n) is 17.6. The number of aromatic nitrogens is 6. The highest BCUT2D eigenvalue weighted by Gasteiger charge is 2.18. The van der Waals surface area contributed by atoms with Crippen LogP contribution >= 0.6 is 0 Å². The monoisotopic (exact) mass is 423 g/mol. The highest BCUT2D eigenvalue weighted by Crippen LogP contribution is 2.20. The topological polar surface area (TPSA) is 100.0 Å². The van der Waals surface area contributed by atoms with Crippen molar-refractivity contribution in [1.29, 1.82) is 0 Å². The van der Waals surface area contributed by atoms with Crippen molar-refractivity contribution in [2.45, 2.75) is 32.7 Å². The van der Waals surface area contributed by atoms with Crippen LogP contribution in [0.3, 0.4) is 0 Å². The minimum atomic E-state index is -0.676. The van der Waals surface area contributed by atoms with E-state index < -0.39 is 17.1 Å². The van der Waals surface area contributed by atoms with Crippen LogP contribution in [0, 0.1) is 0 Å². The van der Waals surface area contributed by atoms with Gasteiger partial charge in [0.25, 0.3) is 0 Å². The maximum Gasteiger partial charge on any atom is 0.337 e. The molecule has 10 heteroatoms. The van der Waals surface area contributed by atoms with Crippen LogP contribution in [0.5, 0.6) is 0 Å². The Morgan fingerprint density at radius 3 is 2.00 bits per heavy atom. The van der Waals surface area contributed by atoms with Gasteiger partial charge in [-0.1, -0.05) is 24.3 Å². The van der Waals surface area contributed by atoms with Crippen molar-refractivity contribution in [2.75, 3.05) is 7.05 Å². The minimum absolute atomic E-state index is 0.0120. The lowest BCUT2D eigenvalue weighted by Gasteiger charge is -2.26. The van der Waals surface area contributed by atoms with Gasteiger partial charge in [-0.2, -0.15) is 5.10 Å². The number of hydrogen-bond acceptors (Lipinski definition) is 6. The second-order valence-corrected chi connectivity index (χ2v) is 7.08. The first-order valence-electron chi connectivity index (χ1n) is 9.70. The third-order valence-electron chi connectivity index (χ3n) is 5.09. The summed E-state index contributed by atoms with van der Waals surface area (Å²) in [6, 6.07) is 7.64. The standard InChI is InChI=1S/C21H25N7O3/c1-5-11-25-19(29)26(12-6-2)21(31)27(20(25)30)15-24(4)16(3)17-7-9-18(10-8-17)28-14-22-13-23-28/h5-10,13-14,16H,1-2,11-12,15H2,3-4H3/t16-/m1/s1. The molecule has 0 unspecified atom stereocenters. The van der Waals surface area contributed by atoms with Crippen LogP contribution in [0.2, 0.25) is 0 Å². The van der Waals surface area contributed by atoms with Gasteiger partial charge in [0.05, 0.1) is 25.4 Å². The second kappa shape index (κ2) is 9.35. The molecule has 2 heterocycles. The Bertz CT molecular complexity index is 1190. The summed E-state index contributed by atoms with van der Waals surface area (Å²) in [6.07, 6.45) is 5.97. The molecule has 2 aromatic heterocycles. The molecule has 0 fully saturated rings. The molecule has 1 aromatic carbocycles. The van der Waals surface area contributed by atoms with Gasteiger partial charge >= 0.3 is 17.1 Å². The van der Waals surface area contributed by atoms with Crippen molar-refractivity contribution in [2.24, 2.45) is 0 Å². The molecule has 0 amide bonds. The normalized spacial score (nSPS) is 12.1. The first kappa shape index (κ1) is 21.9. The van der Waals surface area contributed by atoms with Crippen LogP contribution in [-0.4, -0.2) is 40.4 Å². The van der Waals surface area contributed by atoms with Gasteiger partial charge in [0.1, 0.15) is 12.7 Å². The van der Waals surface area contributed by atoms with Crippen LogP contribution in [0.1, 0.15) is 18.5 Å². The van der Waals surface area contributed by atoms with Gasteiger partial charge in [0, 0.05) is 6.04 Å². The first-order chi connectivity index (χ1) is 14.9. The fourth-order valence-corrected chi connectivity index (χ4v) is 3.22. The third kappa shape index (κ3) is 4.38. The summed E-state index contributed by atoms with van der Waals surface area (Å²) in [5.41, 5.74) is -0.154. The van der Waals surface area contributed by atoms with Crippen molar-refractivity contribution in [3.05, 3.63) is 99.2 Å². The Balaban J connectivity index is 1.91. The molecule has 0 N–H and O–H groups in total. The van der Waals surface area contributed by atoms with Crippen LogP contribution < -0.4 is 17.1 Å². The summed E-state index contributed by atoms with van der Waals surface area (Å²) in [5, 5.41) is 4.10. The lowest BCUT2D eigenvalue weighted by molar-refractivity contribution is 0.192. The zero-order valence-corrected chi connectivity index (χ0v) is 17.6.